The standard InChI is InChI=1S/C27H26N4O9S/c1-5-39-26(34)20-15(3)23(27(35)40-6-2)41-25(20)30-29-21(22(32)16-10-12-18(13-11-16)31(36)37)24(33)28-17-8-7-9-19(14-17)38-4/h7-14,32H,5-6H2,1-4H3,(H,28,33)/b22-21-,30-29?. The molecule has 3 rings (SSSR count). The molecule has 2 aromatic carbocycles. The number of carbonyl (C=O) groups is 3. The number of thiophene rings is 1. The molecule has 0 aliphatic rings. The van der Waals surface area contributed by atoms with Gasteiger partial charge in [0.25, 0.3) is 11.6 Å². The molecule has 0 aliphatic carbocycles. The number of non-ortho nitro benzene ring substituents is 1. The minimum Gasteiger partial charge on any atom is -0.505 e. The van der Waals surface area contributed by atoms with E-state index >= 15 is 0 Å². The van der Waals surface area contributed by atoms with Gasteiger partial charge in [-0.25, -0.2) is 9.59 Å². The lowest BCUT2D eigenvalue weighted by atomic mass is 10.1. The number of aliphatic hydroxyl groups is 1. The summed E-state index contributed by atoms with van der Waals surface area (Å²) in [5.41, 5.74) is -0.267. The molecule has 0 bridgehead atoms. The topological polar surface area (TPSA) is 179 Å². The third kappa shape index (κ3) is 7.30. The van der Waals surface area contributed by atoms with E-state index in [0.717, 1.165) is 23.5 Å². The van der Waals surface area contributed by atoms with Gasteiger partial charge in [0, 0.05) is 29.4 Å². The Balaban J connectivity index is 2.13. The number of nitrogens with zero attached hydrogens (tertiary/aromatic N) is 3. The third-order valence-electron chi connectivity index (χ3n) is 5.43. The van der Waals surface area contributed by atoms with Crippen molar-refractivity contribution >= 4 is 51.3 Å². The summed E-state index contributed by atoms with van der Waals surface area (Å²) in [6, 6.07) is 11.2. The largest absolute Gasteiger partial charge is 0.505 e. The molecular formula is C27H26N4O9S. The molecule has 0 aliphatic heterocycles. The maximum Gasteiger partial charge on any atom is 0.348 e. The first kappa shape index (κ1) is 30.4. The molecule has 0 atom stereocenters. The van der Waals surface area contributed by atoms with Crippen molar-refractivity contribution in [2.75, 3.05) is 25.6 Å². The van der Waals surface area contributed by atoms with Crippen molar-refractivity contribution in [1.29, 1.82) is 0 Å². The monoisotopic (exact) mass is 582 g/mol. The molecule has 0 fully saturated rings. The van der Waals surface area contributed by atoms with Gasteiger partial charge in [-0.05, 0) is 50.6 Å². The molecule has 13 nitrogen and oxygen atoms in total. The first-order valence-corrected chi connectivity index (χ1v) is 13.0. The number of rotatable bonds is 11. The number of aliphatic hydroxyl groups excluding tert-OH is 1. The van der Waals surface area contributed by atoms with Crippen LogP contribution in [0.15, 0.2) is 64.5 Å². The maximum absolute atomic E-state index is 13.3. The molecule has 14 heteroatoms. The second-order valence-electron chi connectivity index (χ2n) is 8.06. The van der Waals surface area contributed by atoms with E-state index in [1.54, 1.807) is 32.0 Å². The Morgan fingerprint density at radius 1 is 1.05 bits per heavy atom. The molecule has 41 heavy (non-hydrogen) atoms. The lowest BCUT2D eigenvalue weighted by molar-refractivity contribution is -0.384. The number of nitro benzene ring substituents is 1. The summed E-state index contributed by atoms with van der Waals surface area (Å²) in [5.74, 6) is -2.54. The number of esters is 2. The summed E-state index contributed by atoms with van der Waals surface area (Å²) in [7, 11) is 1.45. The minimum atomic E-state index is -0.894. The van der Waals surface area contributed by atoms with E-state index in [9.17, 15) is 29.6 Å². The van der Waals surface area contributed by atoms with Crippen LogP contribution in [0.1, 0.15) is 45.0 Å². The van der Waals surface area contributed by atoms with Crippen molar-refractivity contribution in [1.82, 2.24) is 0 Å². The van der Waals surface area contributed by atoms with Crippen LogP contribution in [0.2, 0.25) is 0 Å². The lowest BCUT2D eigenvalue weighted by Crippen LogP contribution is -2.15. The van der Waals surface area contributed by atoms with E-state index in [4.69, 9.17) is 14.2 Å². The number of benzene rings is 2. The van der Waals surface area contributed by atoms with Gasteiger partial charge in [0.05, 0.1) is 25.2 Å². The second-order valence-corrected chi connectivity index (χ2v) is 9.06. The Morgan fingerprint density at radius 2 is 1.71 bits per heavy atom. The zero-order valence-electron chi connectivity index (χ0n) is 22.5. The summed E-state index contributed by atoms with van der Waals surface area (Å²) < 4.78 is 15.3. The highest BCUT2D eigenvalue weighted by atomic mass is 32.1. The molecule has 0 saturated carbocycles. The van der Waals surface area contributed by atoms with Crippen molar-refractivity contribution in [3.05, 3.63) is 85.9 Å². The van der Waals surface area contributed by atoms with Gasteiger partial charge in [-0.2, -0.15) is 0 Å². The van der Waals surface area contributed by atoms with Crippen molar-refractivity contribution < 1.29 is 38.6 Å². The van der Waals surface area contributed by atoms with Crippen LogP contribution in [0, 0.1) is 17.0 Å². The van der Waals surface area contributed by atoms with Gasteiger partial charge >= 0.3 is 11.9 Å². The van der Waals surface area contributed by atoms with Crippen LogP contribution in [0.4, 0.5) is 16.4 Å². The van der Waals surface area contributed by atoms with E-state index < -0.39 is 34.2 Å². The van der Waals surface area contributed by atoms with Gasteiger partial charge < -0.3 is 24.6 Å². The van der Waals surface area contributed by atoms with Gasteiger partial charge in [-0.1, -0.05) is 6.07 Å². The predicted octanol–water partition coefficient (Wildman–Crippen LogP) is 5.98. The minimum absolute atomic E-state index is 0.0329. The highest BCUT2D eigenvalue weighted by Crippen LogP contribution is 2.37. The van der Waals surface area contributed by atoms with E-state index in [-0.39, 0.29) is 45.5 Å². The fourth-order valence-corrected chi connectivity index (χ4v) is 4.48. The van der Waals surface area contributed by atoms with Crippen LogP contribution in [-0.2, 0) is 14.3 Å². The average molecular weight is 583 g/mol. The number of amides is 1. The lowest BCUT2D eigenvalue weighted by Gasteiger charge is -2.09. The first-order chi connectivity index (χ1) is 19.6. The summed E-state index contributed by atoms with van der Waals surface area (Å²) in [4.78, 5) is 49.0. The molecule has 0 saturated heterocycles. The Kier molecular flexibility index (Phi) is 10.2. The third-order valence-corrected chi connectivity index (χ3v) is 6.58. The van der Waals surface area contributed by atoms with Crippen molar-refractivity contribution in [3.8, 4) is 5.75 Å². The first-order valence-electron chi connectivity index (χ1n) is 12.1. The molecule has 0 radical (unpaired) electrons. The zero-order chi connectivity index (χ0) is 30.1. The number of methoxy groups -OCH3 is 1. The number of nitrogens with one attached hydrogen (secondary N) is 1. The van der Waals surface area contributed by atoms with Crippen LogP contribution in [0.25, 0.3) is 5.76 Å². The predicted molar refractivity (Wildman–Crippen MR) is 150 cm³/mol. The van der Waals surface area contributed by atoms with Crippen molar-refractivity contribution in [3.63, 3.8) is 0 Å². The highest BCUT2D eigenvalue weighted by Gasteiger charge is 2.27. The van der Waals surface area contributed by atoms with E-state index in [0.29, 0.717) is 11.4 Å². The number of ether oxygens (including phenoxy) is 3. The fraction of sp³-hybridized carbons (Fsp3) is 0.222. The number of azo groups is 1. The van der Waals surface area contributed by atoms with Crippen LogP contribution in [0.3, 0.4) is 0 Å². The quantitative estimate of drug-likeness (QED) is 0.0687. The molecule has 214 valence electrons. The molecule has 0 spiro atoms. The smallest absolute Gasteiger partial charge is 0.348 e. The van der Waals surface area contributed by atoms with Crippen molar-refractivity contribution in [2.45, 2.75) is 20.8 Å². The molecule has 1 aromatic heterocycles. The molecule has 2 N–H and O–H groups in total. The number of hydrogen-bond donors (Lipinski definition) is 2. The Labute approximate surface area is 238 Å². The SMILES string of the molecule is CCOC(=O)c1sc(N=N/C(C(=O)Nc2cccc(OC)c2)=C(\O)c2ccc([N+](=O)[O-])cc2)c(C(=O)OCC)c1C. The van der Waals surface area contributed by atoms with E-state index in [1.807, 2.05) is 0 Å². The summed E-state index contributed by atoms with van der Waals surface area (Å²) in [6.45, 7) is 4.91. The molecule has 3 aromatic rings. The molecular weight excluding hydrogens is 556 g/mol. The highest BCUT2D eigenvalue weighted by molar-refractivity contribution is 7.18. The van der Waals surface area contributed by atoms with Crippen LogP contribution < -0.4 is 10.1 Å². The number of nitro groups is 1. The molecule has 1 amide bonds. The van der Waals surface area contributed by atoms with Crippen LogP contribution >= 0.6 is 11.3 Å². The molecule has 0 unspecified atom stereocenters. The average Bonchev–Trinajstić information content (AvgIpc) is 3.29. The summed E-state index contributed by atoms with van der Waals surface area (Å²) in [6.07, 6.45) is 0. The van der Waals surface area contributed by atoms with Gasteiger partial charge in [0.1, 0.15) is 16.2 Å². The van der Waals surface area contributed by atoms with Gasteiger partial charge in [-0.15, -0.1) is 21.6 Å². The Bertz CT molecular complexity index is 1530. The summed E-state index contributed by atoms with van der Waals surface area (Å²) >= 11 is 0.800. The zero-order valence-corrected chi connectivity index (χ0v) is 23.3. The van der Waals surface area contributed by atoms with Crippen LogP contribution in [0.5, 0.6) is 5.75 Å². The number of carbonyl (C=O) groups excluding carboxylic acids is 3. The Hall–Kier alpha value is -5.11. The van der Waals surface area contributed by atoms with E-state index in [2.05, 4.69) is 15.5 Å². The van der Waals surface area contributed by atoms with E-state index in [1.165, 1.54) is 32.2 Å². The fourth-order valence-electron chi connectivity index (χ4n) is 3.47. The number of anilines is 1. The van der Waals surface area contributed by atoms with Gasteiger partial charge in [-0.3, -0.25) is 14.9 Å². The second kappa shape index (κ2) is 13.8. The normalized spacial score (nSPS) is 11.5. The van der Waals surface area contributed by atoms with Crippen LogP contribution in [-0.4, -0.2) is 48.2 Å². The Morgan fingerprint density at radius 3 is 2.32 bits per heavy atom. The van der Waals surface area contributed by atoms with Gasteiger partial charge in [0.2, 0.25) is 0 Å². The maximum atomic E-state index is 13.3. The van der Waals surface area contributed by atoms with Gasteiger partial charge in [0.15, 0.2) is 16.5 Å². The summed E-state index contributed by atoms with van der Waals surface area (Å²) in [5, 5.41) is 32.6. The molecule has 1 heterocycles. The van der Waals surface area contributed by atoms with Crippen molar-refractivity contribution in [2.24, 2.45) is 10.2 Å². The number of hydrogen-bond acceptors (Lipinski definition) is 12.